The van der Waals surface area contributed by atoms with Crippen LogP contribution in [-0.2, 0) is 27.1 Å². The van der Waals surface area contributed by atoms with Crippen LogP contribution in [0.2, 0.25) is 0 Å². The summed E-state index contributed by atoms with van der Waals surface area (Å²) in [5.74, 6) is -2.78. The van der Waals surface area contributed by atoms with E-state index in [1.165, 1.54) is 0 Å². The van der Waals surface area contributed by atoms with Crippen LogP contribution in [0.3, 0.4) is 0 Å². The molecule has 46 heavy (non-hydrogen) atoms. The third kappa shape index (κ3) is 5.28. The number of amides is 2. The molecule has 248 valence electrons. The van der Waals surface area contributed by atoms with Gasteiger partial charge in [-0.2, -0.15) is 5.10 Å². The van der Waals surface area contributed by atoms with E-state index >= 15 is 8.78 Å². The summed E-state index contributed by atoms with van der Waals surface area (Å²) >= 11 is 0. The number of ether oxygens (including phenoxy) is 2. The zero-order valence-corrected chi connectivity index (χ0v) is 27.5. The number of piperidine rings is 1. The SMILES string of the molecule is CC(C)(C)OC(=O)N1CCC2(CC1)CCN(c1ccc3cc(-c4nn(C5CCCCO5)c5c4CC(F)(F)C(C)(C)C5)[nH]c3c1)C2=O. The van der Waals surface area contributed by atoms with Crippen molar-refractivity contribution in [1.82, 2.24) is 19.7 Å². The van der Waals surface area contributed by atoms with Gasteiger partial charge in [0.1, 0.15) is 17.5 Å². The average molecular weight is 638 g/mol. The lowest BCUT2D eigenvalue weighted by Crippen LogP contribution is -2.48. The van der Waals surface area contributed by atoms with E-state index in [4.69, 9.17) is 14.6 Å². The fourth-order valence-corrected chi connectivity index (χ4v) is 7.64. The number of nitrogens with zero attached hydrogens (tertiary/aromatic N) is 4. The van der Waals surface area contributed by atoms with Gasteiger partial charge < -0.3 is 24.3 Å². The number of carbonyl (C=O) groups is 2. The number of alkyl halides is 2. The number of likely N-dealkylation sites (tertiary alicyclic amines) is 1. The molecule has 3 fully saturated rings. The third-order valence-corrected chi connectivity index (χ3v) is 10.6. The standard InChI is InChI=1S/C35H45F2N5O4/c1-32(2,3)46-31(44)40-14-11-34(12-15-40)13-16-41(30(34)43)23-10-9-22-18-26(38-25(22)19-23)29-24-20-35(36,37)33(4,5)21-27(24)42(39-29)28-8-6-7-17-45-28/h9-10,18-19,28,38H,6-8,11-17,20-21H2,1-5H3. The van der Waals surface area contributed by atoms with Crippen molar-refractivity contribution in [3.05, 3.63) is 35.5 Å². The smallest absolute Gasteiger partial charge is 0.410 e. The van der Waals surface area contributed by atoms with Crippen molar-refractivity contribution in [1.29, 1.82) is 0 Å². The van der Waals surface area contributed by atoms with Crippen LogP contribution in [0.4, 0.5) is 19.3 Å². The number of aromatic nitrogens is 3. The minimum absolute atomic E-state index is 0.0904. The first-order chi connectivity index (χ1) is 21.7. The molecule has 1 atom stereocenters. The molecule has 0 radical (unpaired) electrons. The molecule has 2 amide bonds. The fraction of sp³-hybridized carbons (Fsp3) is 0.629. The Morgan fingerprint density at radius 2 is 1.80 bits per heavy atom. The normalized spacial score (nSPS) is 24.1. The third-order valence-electron chi connectivity index (χ3n) is 10.6. The van der Waals surface area contributed by atoms with Gasteiger partial charge in [-0.1, -0.05) is 19.9 Å². The quantitative estimate of drug-likeness (QED) is 0.327. The molecule has 4 aliphatic rings. The van der Waals surface area contributed by atoms with Crippen molar-refractivity contribution in [2.24, 2.45) is 10.8 Å². The Morgan fingerprint density at radius 3 is 2.50 bits per heavy atom. The summed E-state index contributed by atoms with van der Waals surface area (Å²) in [5, 5.41) is 5.87. The topological polar surface area (TPSA) is 92.7 Å². The second-order valence-electron chi connectivity index (χ2n) is 15.4. The molecule has 5 heterocycles. The van der Waals surface area contributed by atoms with E-state index in [-0.39, 0.29) is 31.1 Å². The maximum atomic E-state index is 15.4. The van der Waals surface area contributed by atoms with Gasteiger partial charge >= 0.3 is 6.09 Å². The molecular weight excluding hydrogens is 592 g/mol. The molecular formula is C35H45F2N5O4. The number of rotatable bonds is 3. The van der Waals surface area contributed by atoms with Gasteiger partial charge in [0.05, 0.1) is 11.1 Å². The summed E-state index contributed by atoms with van der Waals surface area (Å²) < 4.78 is 44.3. The average Bonchev–Trinajstić information content (AvgIpc) is 3.66. The van der Waals surface area contributed by atoms with E-state index < -0.39 is 22.4 Å². The summed E-state index contributed by atoms with van der Waals surface area (Å²) in [4.78, 5) is 33.5. The highest BCUT2D eigenvalue weighted by molar-refractivity contribution is 6.02. The lowest BCUT2D eigenvalue weighted by atomic mass is 9.73. The summed E-state index contributed by atoms with van der Waals surface area (Å²) in [5.41, 5.74) is 2.04. The van der Waals surface area contributed by atoms with E-state index in [1.54, 1.807) is 18.7 Å². The van der Waals surface area contributed by atoms with Crippen molar-refractivity contribution in [3.63, 3.8) is 0 Å². The van der Waals surface area contributed by atoms with Crippen molar-refractivity contribution in [2.45, 2.75) is 104 Å². The highest BCUT2D eigenvalue weighted by Gasteiger charge is 2.53. The number of hydrogen-bond donors (Lipinski definition) is 1. The lowest BCUT2D eigenvalue weighted by Gasteiger charge is -2.39. The van der Waals surface area contributed by atoms with Gasteiger partial charge in [0.25, 0.3) is 5.92 Å². The Kier molecular flexibility index (Phi) is 7.30. The first-order valence-corrected chi connectivity index (χ1v) is 16.7. The number of aromatic amines is 1. The van der Waals surface area contributed by atoms with Crippen LogP contribution >= 0.6 is 0 Å². The van der Waals surface area contributed by atoms with E-state index in [0.717, 1.165) is 48.0 Å². The van der Waals surface area contributed by atoms with E-state index in [1.807, 2.05) is 54.6 Å². The van der Waals surface area contributed by atoms with Crippen LogP contribution in [0.15, 0.2) is 24.3 Å². The highest BCUT2D eigenvalue weighted by Crippen LogP contribution is 2.49. The predicted octanol–water partition coefficient (Wildman–Crippen LogP) is 7.24. The van der Waals surface area contributed by atoms with E-state index in [9.17, 15) is 9.59 Å². The molecule has 0 bridgehead atoms. The van der Waals surface area contributed by atoms with Crippen molar-refractivity contribution >= 4 is 28.6 Å². The van der Waals surface area contributed by atoms with Gasteiger partial charge in [-0.25, -0.2) is 18.3 Å². The first kappa shape index (κ1) is 31.1. The number of hydrogen-bond acceptors (Lipinski definition) is 5. The first-order valence-electron chi connectivity index (χ1n) is 16.7. The number of H-pyrrole nitrogens is 1. The minimum Gasteiger partial charge on any atom is -0.444 e. The van der Waals surface area contributed by atoms with Crippen LogP contribution in [0, 0.1) is 10.8 Å². The van der Waals surface area contributed by atoms with Gasteiger partial charge in [-0.3, -0.25) is 4.79 Å². The molecule has 1 N–H and O–H groups in total. The van der Waals surface area contributed by atoms with Crippen LogP contribution in [-0.4, -0.2) is 69.4 Å². The minimum atomic E-state index is -2.87. The maximum absolute atomic E-state index is 15.4. The van der Waals surface area contributed by atoms with Gasteiger partial charge in [0, 0.05) is 72.3 Å². The van der Waals surface area contributed by atoms with Gasteiger partial charge in [-0.05, 0) is 77.5 Å². The molecule has 7 rings (SSSR count). The number of benzene rings is 1. The summed E-state index contributed by atoms with van der Waals surface area (Å²) in [6.07, 6.45) is 4.04. The monoisotopic (exact) mass is 637 g/mol. The molecule has 9 nitrogen and oxygen atoms in total. The van der Waals surface area contributed by atoms with Crippen LogP contribution in [0.1, 0.15) is 90.6 Å². The lowest BCUT2D eigenvalue weighted by molar-refractivity contribution is -0.128. The molecule has 3 aliphatic heterocycles. The summed E-state index contributed by atoms with van der Waals surface area (Å²) in [6, 6.07) is 7.86. The molecule has 3 saturated heterocycles. The van der Waals surface area contributed by atoms with Crippen molar-refractivity contribution < 1.29 is 27.8 Å². The van der Waals surface area contributed by atoms with Crippen LogP contribution in [0.5, 0.6) is 0 Å². The zero-order valence-electron chi connectivity index (χ0n) is 27.5. The number of carbonyl (C=O) groups excluding carboxylic acids is 2. The molecule has 2 aromatic heterocycles. The van der Waals surface area contributed by atoms with E-state index in [0.29, 0.717) is 56.0 Å². The van der Waals surface area contributed by atoms with Crippen LogP contribution < -0.4 is 4.90 Å². The highest BCUT2D eigenvalue weighted by atomic mass is 19.3. The zero-order chi connectivity index (χ0) is 32.6. The molecule has 1 aliphatic carbocycles. The molecule has 1 spiro atoms. The van der Waals surface area contributed by atoms with E-state index in [2.05, 4.69) is 4.98 Å². The second kappa shape index (κ2) is 10.8. The van der Waals surface area contributed by atoms with Crippen molar-refractivity contribution in [2.75, 3.05) is 31.1 Å². The van der Waals surface area contributed by atoms with Gasteiger partial charge in [-0.15, -0.1) is 0 Å². The fourth-order valence-electron chi connectivity index (χ4n) is 7.64. The molecule has 1 unspecified atom stereocenters. The number of anilines is 1. The largest absolute Gasteiger partial charge is 0.444 e. The molecule has 3 aromatic rings. The molecule has 1 aromatic carbocycles. The van der Waals surface area contributed by atoms with Crippen molar-refractivity contribution in [3.8, 4) is 11.4 Å². The maximum Gasteiger partial charge on any atom is 0.410 e. The summed E-state index contributed by atoms with van der Waals surface area (Å²) in [6.45, 7) is 11.1. The molecule has 11 heteroatoms. The number of halogens is 2. The Bertz CT molecular complexity index is 1670. The Hall–Kier alpha value is -3.47. The van der Waals surface area contributed by atoms with Gasteiger partial charge in [0.2, 0.25) is 5.91 Å². The van der Waals surface area contributed by atoms with Gasteiger partial charge in [0.15, 0.2) is 0 Å². The summed E-state index contributed by atoms with van der Waals surface area (Å²) in [7, 11) is 0. The Morgan fingerprint density at radius 1 is 1.07 bits per heavy atom. The molecule has 0 saturated carbocycles. The predicted molar refractivity (Wildman–Crippen MR) is 171 cm³/mol. The second-order valence-corrected chi connectivity index (χ2v) is 15.4. The number of nitrogens with one attached hydrogen (secondary N) is 1. The Balaban J connectivity index is 1.15. The Labute approximate surface area is 268 Å². The van der Waals surface area contributed by atoms with Crippen LogP contribution in [0.25, 0.3) is 22.3 Å². The number of fused-ring (bicyclic) bond motifs is 2.